The molecular formula is C21H26F2N4O5S. The van der Waals surface area contributed by atoms with E-state index in [0.717, 1.165) is 6.26 Å². The van der Waals surface area contributed by atoms with Crippen LogP contribution in [-0.2, 0) is 14.6 Å². The van der Waals surface area contributed by atoms with Gasteiger partial charge < -0.3 is 19.1 Å². The van der Waals surface area contributed by atoms with Crippen LogP contribution in [0.4, 0.5) is 14.7 Å². The Morgan fingerprint density at radius 2 is 1.82 bits per heavy atom. The minimum atomic E-state index is -3.93. The van der Waals surface area contributed by atoms with Crippen LogP contribution in [0.2, 0.25) is 0 Å². The van der Waals surface area contributed by atoms with Crippen LogP contribution in [0.25, 0.3) is 0 Å². The summed E-state index contributed by atoms with van der Waals surface area (Å²) in [5, 5.41) is 4.03. The fourth-order valence-corrected chi connectivity index (χ4v) is 4.88. The Morgan fingerprint density at radius 1 is 1.12 bits per heavy atom. The lowest BCUT2D eigenvalue weighted by molar-refractivity contribution is -0.135. The predicted molar refractivity (Wildman–Crippen MR) is 114 cm³/mol. The van der Waals surface area contributed by atoms with Crippen LogP contribution in [-0.4, -0.2) is 67.4 Å². The minimum absolute atomic E-state index is 0.00647. The highest BCUT2D eigenvalue weighted by atomic mass is 32.2. The van der Waals surface area contributed by atoms with E-state index in [2.05, 4.69) is 10.1 Å². The minimum Gasteiger partial charge on any atom is -0.477 e. The third-order valence-corrected chi connectivity index (χ3v) is 7.07. The first-order valence-electron chi connectivity index (χ1n) is 10.8. The van der Waals surface area contributed by atoms with Gasteiger partial charge in [0.2, 0.25) is 5.89 Å². The Balaban J connectivity index is 1.37. The zero-order valence-corrected chi connectivity index (χ0v) is 19.4. The number of amides is 1. The molecule has 0 radical (unpaired) electrons. The fraction of sp³-hybridized carbons (Fsp3) is 0.571. The van der Waals surface area contributed by atoms with Crippen molar-refractivity contribution in [3.8, 4) is 5.75 Å². The van der Waals surface area contributed by atoms with Crippen molar-refractivity contribution in [1.82, 2.24) is 15.0 Å². The number of aromatic nitrogens is 2. The highest BCUT2D eigenvalue weighted by Crippen LogP contribution is 2.30. The molecule has 0 saturated carbocycles. The molecule has 0 aliphatic carbocycles. The monoisotopic (exact) mass is 484 g/mol. The van der Waals surface area contributed by atoms with E-state index in [1.54, 1.807) is 4.90 Å². The molecule has 2 saturated heterocycles. The van der Waals surface area contributed by atoms with Gasteiger partial charge in [0.1, 0.15) is 10.7 Å². The molecule has 2 aromatic rings. The third kappa shape index (κ3) is 4.80. The van der Waals surface area contributed by atoms with Gasteiger partial charge in [-0.05, 0) is 24.1 Å². The first-order valence-corrected chi connectivity index (χ1v) is 12.7. The normalized spacial score (nSPS) is 20.2. The summed E-state index contributed by atoms with van der Waals surface area (Å²) in [6, 6.07) is 1.25. The number of piperidine rings is 1. The van der Waals surface area contributed by atoms with Gasteiger partial charge in [-0.15, -0.1) is 0 Å². The number of likely N-dealkylation sites (tertiary alicyclic amines) is 1. The lowest BCUT2D eigenvalue weighted by Gasteiger charge is -2.36. The Kier molecular flexibility index (Phi) is 6.30. The number of anilines is 1. The SMILES string of the molecule is CC(C)c1nc(N2CCC(N3CCC(Oc4cc(F)c(S(C)(=O)=O)cc4F)C3=O)CC2)no1. The maximum absolute atomic E-state index is 14.3. The molecule has 2 aliphatic rings. The van der Waals surface area contributed by atoms with Crippen molar-refractivity contribution in [2.75, 3.05) is 30.8 Å². The zero-order chi connectivity index (χ0) is 23.9. The van der Waals surface area contributed by atoms with Gasteiger partial charge in [-0.3, -0.25) is 4.79 Å². The second-order valence-electron chi connectivity index (χ2n) is 8.72. The molecule has 1 amide bonds. The van der Waals surface area contributed by atoms with Crippen LogP contribution < -0.4 is 9.64 Å². The number of ether oxygens (including phenoxy) is 1. The molecule has 1 atom stereocenters. The van der Waals surface area contributed by atoms with Gasteiger partial charge in [-0.1, -0.05) is 13.8 Å². The summed E-state index contributed by atoms with van der Waals surface area (Å²) in [7, 11) is -3.93. The molecule has 4 rings (SSSR count). The number of carbonyl (C=O) groups excluding carboxylic acids is 1. The number of hydrogen-bond acceptors (Lipinski definition) is 8. The van der Waals surface area contributed by atoms with Gasteiger partial charge in [0, 0.05) is 50.3 Å². The van der Waals surface area contributed by atoms with Gasteiger partial charge in [-0.25, -0.2) is 17.2 Å². The van der Waals surface area contributed by atoms with E-state index in [-0.39, 0.29) is 17.9 Å². The lowest BCUT2D eigenvalue weighted by Crippen LogP contribution is -2.47. The summed E-state index contributed by atoms with van der Waals surface area (Å²) in [6.45, 7) is 5.70. The fourth-order valence-electron chi connectivity index (χ4n) is 4.15. The Morgan fingerprint density at radius 3 is 2.42 bits per heavy atom. The third-order valence-electron chi connectivity index (χ3n) is 5.96. The Labute approximate surface area is 190 Å². The molecule has 2 aliphatic heterocycles. The summed E-state index contributed by atoms with van der Waals surface area (Å²) in [5.74, 6) is -1.65. The number of rotatable bonds is 6. The maximum atomic E-state index is 14.3. The van der Waals surface area contributed by atoms with E-state index in [1.165, 1.54) is 0 Å². The van der Waals surface area contributed by atoms with E-state index in [1.807, 2.05) is 18.7 Å². The van der Waals surface area contributed by atoms with Crippen LogP contribution in [0.15, 0.2) is 21.6 Å². The Hall–Kier alpha value is -2.76. The Bertz CT molecular complexity index is 1150. The summed E-state index contributed by atoms with van der Waals surface area (Å²) in [6.07, 6.45) is 1.58. The molecule has 1 aromatic carbocycles. The van der Waals surface area contributed by atoms with Crippen LogP contribution >= 0.6 is 0 Å². The number of nitrogens with zero attached hydrogens (tertiary/aromatic N) is 4. The molecule has 12 heteroatoms. The number of sulfone groups is 1. The number of carbonyl (C=O) groups is 1. The van der Waals surface area contributed by atoms with Crippen molar-refractivity contribution >= 4 is 21.7 Å². The van der Waals surface area contributed by atoms with Crippen LogP contribution in [0, 0.1) is 11.6 Å². The second kappa shape index (κ2) is 8.88. The summed E-state index contributed by atoms with van der Waals surface area (Å²) < 4.78 is 62.3. The zero-order valence-electron chi connectivity index (χ0n) is 18.6. The number of benzene rings is 1. The van der Waals surface area contributed by atoms with Crippen molar-refractivity contribution in [3.05, 3.63) is 29.7 Å². The van der Waals surface area contributed by atoms with E-state index in [9.17, 15) is 22.0 Å². The van der Waals surface area contributed by atoms with E-state index < -0.39 is 38.2 Å². The second-order valence-corrected chi connectivity index (χ2v) is 10.7. The van der Waals surface area contributed by atoms with E-state index in [4.69, 9.17) is 9.26 Å². The molecule has 0 bridgehead atoms. The van der Waals surface area contributed by atoms with Crippen molar-refractivity contribution in [1.29, 1.82) is 0 Å². The van der Waals surface area contributed by atoms with Crippen molar-refractivity contribution in [2.24, 2.45) is 0 Å². The van der Waals surface area contributed by atoms with Gasteiger partial charge in [0.25, 0.3) is 11.9 Å². The highest BCUT2D eigenvalue weighted by molar-refractivity contribution is 7.90. The standard InChI is InChI=1S/C21H26F2N4O5S/c1-12(2)19-24-21(25-32-19)26-7-4-13(5-8-26)27-9-6-16(20(27)28)31-17-10-15(23)18(11-14(17)22)33(3,29)30/h10-13,16H,4-9H2,1-3H3. The average Bonchev–Trinajstić information content (AvgIpc) is 3.38. The molecule has 180 valence electrons. The van der Waals surface area contributed by atoms with E-state index >= 15 is 0 Å². The molecule has 0 spiro atoms. The van der Waals surface area contributed by atoms with Gasteiger partial charge in [0.05, 0.1) is 0 Å². The summed E-state index contributed by atoms with van der Waals surface area (Å²) in [5.41, 5.74) is 0. The highest BCUT2D eigenvalue weighted by Gasteiger charge is 2.39. The molecule has 1 aromatic heterocycles. The molecule has 1 unspecified atom stereocenters. The van der Waals surface area contributed by atoms with E-state index in [0.29, 0.717) is 62.9 Å². The number of halogens is 2. The maximum Gasteiger partial charge on any atom is 0.266 e. The molecule has 33 heavy (non-hydrogen) atoms. The first kappa shape index (κ1) is 23.4. The molecule has 3 heterocycles. The van der Waals surface area contributed by atoms with Crippen molar-refractivity contribution in [3.63, 3.8) is 0 Å². The van der Waals surface area contributed by atoms with Crippen molar-refractivity contribution < 1.29 is 31.3 Å². The van der Waals surface area contributed by atoms with Gasteiger partial charge in [-0.2, -0.15) is 4.98 Å². The smallest absolute Gasteiger partial charge is 0.266 e. The molecule has 0 N–H and O–H groups in total. The van der Waals surface area contributed by atoms with Crippen LogP contribution in [0.3, 0.4) is 0 Å². The summed E-state index contributed by atoms with van der Waals surface area (Å²) >= 11 is 0. The van der Waals surface area contributed by atoms with Gasteiger partial charge in [0.15, 0.2) is 27.5 Å². The van der Waals surface area contributed by atoms with Gasteiger partial charge >= 0.3 is 0 Å². The lowest BCUT2D eigenvalue weighted by atomic mass is 10.0. The van der Waals surface area contributed by atoms with Crippen LogP contribution in [0.1, 0.15) is 44.9 Å². The molecule has 2 fully saturated rings. The molecular weight excluding hydrogens is 458 g/mol. The molecule has 9 nitrogen and oxygen atoms in total. The first-order chi connectivity index (χ1) is 15.5. The predicted octanol–water partition coefficient (Wildman–Crippen LogP) is 2.52. The number of hydrogen-bond donors (Lipinski definition) is 0. The topological polar surface area (TPSA) is 106 Å². The largest absolute Gasteiger partial charge is 0.477 e. The van der Waals surface area contributed by atoms with Crippen molar-refractivity contribution in [2.45, 2.75) is 56.1 Å². The summed E-state index contributed by atoms with van der Waals surface area (Å²) in [4.78, 5) is 20.3. The quantitative estimate of drug-likeness (QED) is 0.616. The van der Waals surface area contributed by atoms with Crippen LogP contribution in [0.5, 0.6) is 5.75 Å². The average molecular weight is 485 g/mol.